The topological polar surface area (TPSA) is 103 Å². The maximum Gasteiger partial charge on any atom is 0.338 e. The Hall–Kier alpha value is -4.49. The number of fused-ring (bicyclic) bond motifs is 1. The maximum absolute atomic E-state index is 13.8. The summed E-state index contributed by atoms with van der Waals surface area (Å²) >= 11 is 7.38. The van der Waals surface area contributed by atoms with E-state index < -0.39 is 12.0 Å². The van der Waals surface area contributed by atoms with E-state index in [0.717, 1.165) is 11.1 Å². The highest BCUT2D eigenvalue weighted by molar-refractivity contribution is 7.07. The minimum atomic E-state index is -0.734. The van der Waals surface area contributed by atoms with Gasteiger partial charge in [0.25, 0.3) is 5.56 Å². The molecule has 0 aliphatic carbocycles. The van der Waals surface area contributed by atoms with Gasteiger partial charge < -0.3 is 14.2 Å². The molecule has 0 fully saturated rings. The standard InChI is InChI=1S/C32H26ClN3O5S/c1-20-28(31(38)40-16-15-39-2)29(22-9-11-25(33)12-10-22)36-30(37)27(42-32(36)35-20)17-21-7-13-26(14-8-21)41-19-24-6-4-3-5-23(24)18-34/h3-14,17,29H,15-16,19H2,1-2H3. The van der Waals surface area contributed by atoms with Crippen LogP contribution in [0.3, 0.4) is 0 Å². The SMILES string of the molecule is COCCOC(=O)C1=C(C)N=c2sc(=Cc3ccc(OCc4ccccc4C#N)cc3)c(=O)n2C1c1ccc(Cl)cc1. The molecule has 212 valence electrons. The molecule has 1 aliphatic rings. The molecule has 1 aromatic heterocycles. The molecule has 0 radical (unpaired) electrons. The molecular formula is C32H26ClN3O5S. The molecule has 0 saturated heterocycles. The van der Waals surface area contributed by atoms with E-state index in [9.17, 15) is 14.9 Å². The van der Waals surface area contributed by atoms with Gasteiger partial charge in [0.05, 0.1) is 40.1 Å². The average Bonchev–Trinajstić information content (AvgIpc) is 3.30. The molecule has 0 bridgehead atoms. The first-order chi connectivity index (χ1) is 20.4. The third kappa shape index (κ3) is 6.21. The molecular weight excluding hydrogens is 574 g/mol. The van der Waals surface area contributed by atoms with E-state index in [4.69, 9.17) is 25.8 Å². The Kier molecular flexibility index (Phi) is 8.98. The zero-order valence-electron chi connectivity index (χ0n) is 22.9. The van der Waals surface area contributed by atoms with Crippen molar-refractivity contribution in [2.75, 3.05) is 20.3 Å². The van der Waals surface area contributed by atoms with Gasteiger partial charge in [-0.3, -0.25) is 9.36 Å². The summed E-state index contributed by atoms with van der Waals surface area (Å²) in [5.74, 6) is 0.0758. The van der Waals surface area contributed by atoms with Crippen LogP contribution in [0, 0.1) is 11.3 Å². The van der Waals surface area contributed by atoms with Crippen LogP contribution in [-0.4, -0.2) is 30.9 Å². The van der Waals surface area contributed by atoms with Gasteiger partial charge in [0.15, 0.2) is 4.80 Å². The molecule has 42 heavy (non-hydrogen) atoms. The Morgan fingerprint density at radius 1 is 1.10 bits per heavy atom. The number of hydrogen-bond donors (Lipinski definition) is 0. The fourth-order valence-corrected chi connectivity index (χ4v) is 5.74. The summed E-state index contributed by atoms with van der Waals surface area (Å²) in [5.41, 5.74) is 3.36. The average molecular weight is 600 g/mol. The molecule has 3 aromatic carbocycles. The fraction of sp³-hybridized carbons (Fsp3) is 0.188. The number of halogens is 1. The summed E-state index contributed by atoms with van der Waals surface area (Å²) in [6.45, 7) is 2.33. The van der Waals surface area contributed by atoms with Crippen molar-refractivity contribution < 1.29 is 19.0 Å². The Morgan fingerprint density at radius 2 is 1.83 bits per heavy atom. The van der Waals surface area contributed by atoms with E-state index in [2.05, 4.69) is 11.1 Å². The van der Waals surface area contributed by atoms with Crippen molar-refractivity contribution in [1.29, 1.82) is 5.26 Å². The molecule has 0 spiro atoms. The lowest BCUT2D eigenvalue weighted by atomic mass is 9.96. The Bertz CT molecular complexity index is 1870. The van der Waals surface area contributed by atoms with Crippen LogP contribution in [0.15, 0.2) is 93.9 Å². The Balaban J connectivity index is 1.47. The van der Waals surface area contributed by atoms with Crippen LogP contribution in [0.4, 0.5) is 0 Å². The van der Waals surface area contributed by atoms with E-state index in [-0.39, 0.29) is 31.0 Å². The van der Waals surface area contributed by atoms with Crippen LogP contribution >= 0.6 is 22.9 Å². The van der Waals surface area contributed by atoms with Crippen molar-refractivity contribution in [3.05, 3.63) is 131 Å². The third-order valence-corrected chi connectivity index (χ3v) is 7.89. The number of allylic oxidation sites excluding steroid dienone is 1. The lowest BCUT2D eigenvalue weighted by Crippen LogP contribution is -2.40. The number of methoxy groups -OCH3 is 1. The van der Waals surface area contributed by atoms with Crippen LogP contribution in [0.5, 0.6) is 5.75 Å². The first-order valence-corrected chi connectivity index (χ1v) is 14.2. The van der Waals surface area contributed by atoms with Crippen LogP contribution in [0.1, 0.15) is 35.2 Å². The number of esters is 1. The van der Waals surface area contributed by atoms with Crippen LogP contribution in [0.2, 0.25) is 5.02 Å². The van der Waals surface area contributed by atoms with Crippen molar-refractivity contribution in [1.82, 2.24) is 4.57 Å². The monoisotopic (exact) mass is 599 g/mol. The van der Waals surface area contributed by atoms with Gasteiger partial charge in [-0.1, -0.05) is 65.4 Å². The van der Waals surface area contributed by atoms with Gasteiger partial charge in [0, 0.05) is 17.7 Å². The second-order valence-electron chi connectivity index (χ2n) is 9.39. The van der Waals surface area contributed by atoms with E-state index >= 15 is 0 Å². The highest BCUT2D eigenvalue weighted by atomic mass is 35.5. The van der Waals surface area contributed by atoms with Gasteiger partial charge in [-0.25, -0.2) is 9.79 Å². The zero-order chi connectivity index (χ0) is 29.6. The summed E-state index contributed by atoms with van der Waals surface area (Å²) in [5, 5.41) is 9.83. The molecule has 0 amide bonds. The number of carbonyl (C=O) groups is 1. The van der Waals surface area contributed by atoms with Crippen molar-refractivity contribution in [3.8, 4) is 11.8 Å². The molecule has 1 unspecified atom stereocenters. The molecule has 1 atom stereocenters. The number of nitrogens with zero attached hydrogens (tertiary/aromatic N) is 3. The third-order valence-electron chi connectivity index (χ3n) is 6.66. The van der Waals surface area contributed by atoms with E-state index in [1.165, 1.54) is 23.0 Å². The molecule has 4 aromatic rings. The van der Waals surface area contributed by atoms with Crippen molar-refractivity contribution >= 4 is 35.0 Å². The van der Waals surface area contributed by atoms with E-state index in [0.29, 0.717) is 36.9 Å². The molecule has 8 nitrogen and oxygen atoms in total. The van der Waals surface area contributed by atoms with Crippen LogP contribution in [-0.2, 0) is 20.9 Å². The number of rotatable bonds is 9. The molecule has 0 N–H and O–H groups in total. The smallest absolute Gasteiger partial charge is 0.338 e. The maximum atomic E-state index is 13.8. The first-order valence-electron chi connectivity index (χ1n) is 13.0. The number of aromatic nitrogens is 1. The number of nitriles is 1. The predicted octanol–water partition coefficient (Wildman–Crippen LogP) is 4.53. The lowest BCUT2D eigenvalue weighted by Gasteiger charge is -2.24. The van der Waals surface area contributed by atoms with E-state index in [1.54, 1.807) is 43.3 Å². The zero-order valence-corrected chi connectivity index (χ0v) is 24.4. The molecule has 10 heteroatoms. The summed E-state index contributed by atoms with van der Waals surface area (Å²) in [6.07, 6.45) is 1.79. The number of benzene rings is 3. The van der Waals surface area contributed by atoms with Crippen LogP contribution < -0.4 is 19.6 Å². The van der Waals surface area contributed by atoms with Crippen molar-refractivity contribution in [3.63, 3.8) is 0 Å². The van der Waals surface area contributed by atoms with Gasteiger partial charge >= 0.3 is 5.97 Å². The van der Waals surface area contributed by atoms with Gasteiger partial charge in [0.2, 0.25) is 0 Å². The van der Waals surface area contributed by atoms with E-state index in [1.807, 2.05) is 42.5 Å². The second kappa shape index (κ2) is 13.0. The molecule has 2 heterocycles. The highest BCUT2D eigenvalue weighted by Gasteiger charge is 2.33. The predicted molar refractivity (Wildman–Crippen MR) is 160 cm³/mol. The second-order valence-corrected chi connectivity index (χ2v) is 10.8. The Labute approximate surface area is 251 Å². The first kappa shape index (κ1) is 29.0. The highest BCUT2D eigenvalue weighted by Crippen LogP contribution is 2.31. The number of hydrogen-bond acceptors (Lipinski definition) is 8. The summed E-state index contributed by atoms with van der Waals surface area (Å²) in [7, 11) is 1.52. The fourth-order valence-electron chi connectivity index (χ4n) is 4.57. The number of ether oxygens (including phenoxy) is 3. The quantitative estimate of drug-likeness (QED) is 0.207. The minimum Gasteiger partial charge on any atom is -0.489 e. The minimum absolute atomic E-state index is 0.0778. The molecule has 5 rings (SSSR count). The van der Waals surface area contributed by atoms with Gasteiger partial charge in [-0.05, 0) is 54.5 Å². The molecule has 1 aliphatic heterocycles. The lowest BCUT2D eigenvalue weighted by molar-refractivity contribution is -0.140. The summed E-state index contributed by atoms with van der Waals surface area (Å²) < 4.78 is 18.3. The molecule has 0 saturated carbocycles. The summed E-state index contributed by atoms with van der Waals surface area (Å²) in [6, 6.07) is 23.1. The largest absolute Gasteiger partial charge is 0.489 e. The number of carbonyl (C=O) groups excluding carboxylic acids is 1. The normalized spacial score (nSPS) is 14.6. The number of thiazole rings is 1. The van der Waals surface area contributed by atoms with Crippen molar-refractivity contribution in [2.24, 2.45) is 4.99 Å². The van der Waals surface area contributed by atoms with Gasteiger partial charge in [-0.15, -0.1) is 0 Å². The summed E-state index contributed by atoms with van der Waals surface area (Å²) in [4.78, 5) is 32.1. The Morgan fingerprint density at radius 3 is 2.55 bits per heavy atom. The van der Waals surface area contributed by atoms with Crippen molar-refractivity contribution in [2.45, 2.75) is 19.6 Å². The van der Waals surface area contributed by atoms with Gasteiger partial charge in [-0.2, -0.15) is 5.26 Å². The van der Waals surface area contributed by atoms with Crippen LogP contribution in [0.25, 0.3) is 6.08 Å². The van der Waals surface area contributed by atoms with Gasteiger partial charge in [0.1, 0.15) is 19.0 Å².